The van der Waals surface area contributed by atoms with Gasteiger partial charge in [-0.1, -0.05) is 26.3 Å². The van der Waals surface area contributed by atoms with Crippen molar-refractivity contribution in [2.45, 2.75) is 89.9 Å². The van der Waals surface area contributed by atoms with Crippen LogP contribution in [0.25, 0.3) is 0 Å². The molecule has 0 aromatic carbocycles. The molecule has 1 heterocycles. The first-order chi connectivity index (χ1) is 9.33. The first-order valence-electron chi connectivity index (χ1n) is 8.42. The lowest BCUT2D eigenvalue weighted by Gasteiger charge is -2.53. The number of rotatable bonds is 3. The summed E-state index contributed by atoms with van der Waals surface area (Å²) in [6, 6.07) is 0. The zero-order chi connectivity index (χ0) is 14.6. The van der Waals surface area contributed by atoms with Gasteiger partial charge in [-0.15, -0.1) is 0 Å². The smallest absolute Gasteiger partial charge is 0.0957 e. The molecule has 2 heteroatoms. The molecule has 2 bridgehead atoms. The summed E-state index contributed by atoms with van der Waals surface area (Å²) < 4.78 is 6.75. The van der Waals surface area contributed by atoms with Gasteiger partial charge in [0.2, 0.25) is 0 Å². The summed E-state index contributed by atoms with van der Waals surface area (Å²) in [6.07, 6.45) is 9.82. The van der Waals surface area contributed by atoms with Crippen LogP contribution in [0.5, 0.6) is 0 Å². The van der Waals surface area contributed by atoms with Crippen molar-refractivity contribution in [3.05, 3.63) is 11.6 Å². The minimum atomic E-state index is -0.277. The maximum atomic E-state index is 10.3. The fraction of sp³-hybridized carbons (Fsp3) is 0.889. The fourth-order valence-electron chi connectivity index (χ4n) is 5.07. The third kappa shape index (κ3) is 1.91. The molecule has 2 aliphatic carbocycles. The van der Waals surface area contributed by atoms with Gasteiger partial charge in [-0.25, -0.2) is 0 Å². The van der Waals surface area contributed by atoms with Crippen molar-refractivity contribution >= 4 is 0 Å². The van der Waals surface area contributed by atoms with Crippen molar-refractivity contribution in [3.8, 4) is 0 Å². The number of unbranched alkanes of at least 4 members (excludes halogenated alkanes) is 1. The molecule has 0 aromatic rings. The Bertz CT molecular complexity index is 425. The highest BCUT2D eigenvalue weighted by molar-refractivity contribution is 5.32. The average Bonchev–Trinajstić information content (AvgIpc) is 2.59. The van der Waals surface area contributed by atoms with Crippen molar-refractivity contribution in [2.75, 3.05) is 0 Å². The van der Waals surface area contributed by atoms with Crippen LogP contribution in [0.15, 0.2) is 11.6 Å². The lowest BCUT2D eigenvalue weighted by molar-refractivity contribution is -0.141. The Hall–Kier alpha value is -0.340. The summed E-state index contributed by atoms with van der Waals surface area (Å²) in [4.78, 5) is 0. The second-order valence-electron chi connectivity index (χ2n) is 8.10. The van der Waals surface area contributed by atoms with E-state index in [4.69, 9.17) is 4.74 Å². The average molecular weight is 278 g/mol. The van der Waals surface area contributed by atoms with E-state index in [0.29, 0.717) is 5.92 Å². The van der Waals surface area contributed by atoms with Gasteiger partial charge in [0.1, 0.15) is 0 Å². The number of aliphatic hydroxyl groups excluding tert-OH is 1. The van der Waals surface area contributed by atoms with Crippen LogP contribution in [0, 0.1) is 11.3 Å². The molecule has 1 saturated heterocycles. The molecule has 20 heavy (non-hydrogen) atoms. The van der Waals surface area contributed by atoms with Crippen LogP contribution in [0.1, 0.15) is 72.6 Å². The molecular formula is C18H30O2. The maximum Gasteiger partial charge on any atom is 0.0957 e. The van der Waals surface area contributed by atoms with E-state index in [0.717, 1.165) is 12.8 Å². The van der Waals surface area contributed by atoms with Gasteiger partial charge in [-0.2, -0.15) is 0 Å². The predicted molar refractivity (Wildman–Crippen MR) is 81.6 cm³/mol. The number of aliphatic hydroxyl groups is 1. The molecule has 3 aliphatic rings. The van der Waals surface area contributed by atoms with E-state index in [2.05, 4.69) is 33.8 Å². The lowest BCUT2D eigenvalue weighted by atomic mass is 9.54. The molecular weight excluding hydrogens is 248 g/mol. The van der Waals surface area contributed by atoms with Crippen molar-refractivity contribution in [1.29, 1.82) is 0 Å². The molecule has 1 aliphatic heterocycles. The zero-order valence-electron chi connectivity index (χ0n) is 13.5. The molecule has 4 atom stereocenters. The van der Waals surface area contributed by atoms with E-state index < -0.39 is 0 Å². The molecule has 114 valence electrons. The van der Waals surface area contributed by atoms with Gasteiger partial charge in [-0.05, 0) is 63.9 Å². The van der Waals surface area contributed by atoms with Gasteiger partial charge >= 0.3 is 0 Å². The molecule has 2 nitrogen and oxygen atoms in total. The fourth-order valence-corrected chi connectivity index (χ4v) is 5.07. The van der Waals surface area contributed by atoms with Crippen LogP contribution >= 0.6 is 0 Å². The van der Waals surface area contributed by atoms with Crippen LogP contribution in [-0.2, 0) is 4.74 Å². The van der Waals surface area contributed by atoms with E-state index >= 15 is 0 Å². The van der Waals surface area contributed by atoms with E-state index in [1.807, 2.05) is 0 Å². The third-order valence-corrected chi connectivity index (χ3v) is 6.35. The zero-order valence-corrected chi connectivity index (χ0v) is 13.5. The van der Waals surface area contributed by atoms with Gasteiger partial charge in [-0.3, -0.25) is 0 Å². The van der Waals surface area contributed by atoms with Crippen LogP contribution in [0.3, 0.4) is 0 Å². The minimum Gasteiger partial charge on any atom is -0.389 e. The van der Waals surface area contributed by atoms with Gasteiger partial charge in [0.25, 0.3) is 0 Å². The summed E-state index contributed by atoms with van der Waals surface area (Å²) in [5.41, 5.74) is 1.42. The molecule has 0 radical (unpaired) electrons. The van der Waals surface area contributed by atoms with Gasteiger partial charge in [0.05, 0.1) is 17.3 Å². The first kappa shape index (κ1) is 14.6. The van der Waals surface area contributed by atoms with Gasteiger partial charge in [0.15, 0.2) is 0 Å². The second kappa shape index (κ2) is 4.58. The summed E-state index contributed by atoms with van der Waals surface area (Å²) in [6.45, 7) is 9.12. The summed E-state index contributed by atoms with van der Waals surface area (Å²) in [5.74, 6) is 0.677. The maximum absolute atomic E-state index is 10.3. The Kier molecular flexibility index (Phi) is 3.34. The Morgan fingerprint density at radius 3 is 2.75 bits per heavy atom. The van der Waals surface area contributed by atoms with Gasteiger partial charge in [0, 0.05) is 5.41 Å². The van der Waals surface area contributed by atoms with Crippen molar-refractivity contribution < 1.29 is 9.84 Å². The Morgan fingerprint density at radius 1 is 1.30 bits per heavy atom. The van der Waals surface area contributed by atoms with E-state index in [9.17, 15) is 5.11 Å². The summed E-state index contributed by atoms with van der Waals surface area (Å²) in [7, 11) is 0. The number of ether oxygens (including phenoxy) is 1. The van der Waals surface area contributed by atoms with Crippen LogP contribution < -0.4 is 0 Å². The lowest BCUT2D eigenvalue weighted by Crippen LogP contribution is -2.54. The monoisotopic (exact) mass is 278 g/mol. The molecule has 2 fully saturated rings. The van der Waals surface area contributed by atoms with Crippen LogP contribution in [0.2, 0.25) is 0 Å². The highest BCUT2D eigenvalue weighted by Crippen LogP contribution is 2.65. The molecule has 1 N–H and O–H groups in total. The Morgan fingerprint density at radius 2 is 2.05 bits per heavy atom. The van der Waals surface area contributed by atoms with Crippen molar-refractivity contribution in [1.82, 2.24) is 0 Å². The minimum absolute atomic E-state index is 0.00857. The number of hydrogen-bond acceptors (Lipinski definition) is 2. The number of hydrogen-bond donors (Lipinski definition) is 1. The second-order valence-corrected chi connectivity index (χ2v) is 8.10. The Labute approximate surface area is 123 Å². The molecule has 1 unspecified atom stereocenters. The predicted octanol–water partition coefficient (Wildman–Crippen LogP) is 4.22. The van der Waals surface area contributed by atoms with Gasteiger partial charge < -0.3 is 9.84 Å². The van der Waals surface area contributed by atoms with Crippen molar-refractivity contribution in [2.24, 2.45) is 11.3 Å². The summed E-state index contributed by atoms with van der Waals surface area (Å²) in [5, 5.41) is 10.3. The van der Waals surface area contributed by atoms with E-state index in [1.165, 1.54) is 37.7 Å². The number of fused-ring (bicyclic) bond motifs is 1. The molecule has 3 rings (SSSR count). The topological polar surface area (TPSA) is 29.5 Å². The molecule has 1 saturated carbocycles. The van der Waals surface area contributed by atoms with E-state index in [-0.39, 0.29) is 22.7 Å². The highest BCUT2D eigenvalue weighted by Gasteiger charge is 2.65. The SMILES string of the molecule is CCCCC1=C[C@@H](O)C[C@@]2(C)CC[C@@H]3CC12OC3(C)C. The highest BCUT2D eigenvalue weighted by atomic mass is 16.5. The first-order valence-corrected chi connectivity index (χ1v) is 8.42. The quantitative estimate of drug-likeness (QED) is 0.783. The standard InChI is InChI=1S/C18H30O2/c1-5-6-7-13-10-15(19)12-17(4)9-8-14-11-18(13,17)20-16(14,2)3/h10,14-15,19H,5-9,11-12H2,1-4H3/t14-,15-,17-,18?/m1/s1. The molecule has 0 aromatic heterocycles. The largest absolute Gasteiger partial charge is 0.389 e. The van der Waals surface area contributed by atoms with Crippen molar-refractivity contribution in [3.63, 3.8) is 0 Å². The van der Waals surface area contributed by atoms with Crippen LogP contribution in [0.4, 0.5) is 0 Å². The normalized spacial score (nSPS) is 46.0. The summed E-state index contributed by atoms with van der Waals surface area (Å²) >= 11 is 0. The van der Waals surface area contributed by atoms with Crippen LogP contribution in [-0.4, -0.2) is 22.4 Å². The molecule has 1 spiro atoms. The Balaban J connectivity index is 2.02. The van der Waals surface area contributed by atoms with E-state index in [1.54, 1.807) is 0 Å². The third-order valence-electron chi connectivity index (χ3n) is 6.35. The molecule has 0 amide bonds.